The molecule has 2 aromatic carbocycles. The fourth-order valence-corrected chi connectivity index (χ4v) is 2.61. The number of halogens is 1. The highest BCUT2D eigenvalue weighted by Gasteiger charge is 2.09. The third kappa shape index (κ3) is 3.52. The van der Waals surface area contributed by atoms with Crippen LogP contribution in [0.2, 0.25) is 0 Å². The van der Waals surface area contributed by atoms with E-state index in [-0.39, 0.29) is 5.69 Å². The van der Waals surface area contributed by atoms with Gasteiger partial charge in [0.1, 0.15) is 5.75 Å². The van der Waals surface area contributed by atoms with E-state index in [9.17, 15) is 15.2 Å². The molecule has 0 atom stereocenters. The second-order valence-electron chi connectivity index (χ2n) is 4.85. The number of nitro benzene ring substituents is 1. The zero-order valence-corrected chi connectivity index (χ0v) is 13.3. The molecule has 0 aromatic heterocycles. The van der Waals surface area contributed by atoms with Gasteiger partial charge in [-0.2, -0.15) is 0 Å². The molecule has 0 bridgehead atoms. The minimum absolute atomic E-state index is 0.0451. The van der Waals surface area contributed by atoms with Crippen LogP contribution >= 0.6 is 15.9 Å². The van der Waals surface area contributed by atoms with E-state index in [1.54, 1.807) is 6.07 Å². The van der Waals surface area contributed by atoms with Gasteiger partial charge in [0.2, 0.25) is 0 Å². The quantitative estimate of drug-likeness (QED) is 0.636. The maximum atomic E-state index is 10.7. The van der Waals surface area contributed by atoms with Gasteiger partial charge in [0, 0.05) is 28.8 Å². The van der Waals surface area contributed by atoms with E-state index in [0.717, 1.165) is 22.4 Å². The minimum atomic E-state index is -0.429. The number of aromatic hydroxyl groups is 1. The van der Waals surface area contributed by atoms with Crippen LogP contribution < -0.4 is 5.32 Å². The van der Waals surface area contributed by atoms with Crippen molar-refractivity contribution in [1.29, 1.82) is 0 Å². The van der Waals surface area contributed by atoms with E-state index in [2.05, 4.69) is 21.2 Å². The topological polar surface area (TPSA) is 75.4 Å². The average molecular weight is 351 g/mol. The van der Waals surface area contributed by atoms with Crippen molar-refractivity contribution < 1.29 is 10.0 Å². The number of phenols is 1. The van der Waals surface area contributed by atoms with Gasteiger partial charge in [-0.25, -0.2) is 0 Å². The zero-order chi connectivity index (χ0) is 15.6. The monoisotopic (exact) mass is 350 g/mol. The van der Waals surface area contributed by atoms with Gasteiger partial charge in [0.15, 0.2) is 0 Å². The lowest BCUT2D eigenvalue weighted by atomic mass is 10.1. The van der Waals surface area contributed by atoms with Crippen molar-refractivity contribution in [2.24, 2.45) is 0 Å². The van der Waals surface area contributed by atoms with Crippen LogP contribution in [0.25, 0.3) is 0 Å². The molecule has 0 amide bonds. The average Bonchev–Trinajstić information content (AvgIpc) is 2.43. The number of non-ortho nitro benzene ring substituents is 1. The van der Waals surface area contributed by atoms with Crippen molar-refractivity contribution in [2.75, 3.05) is 5.32 Å². The minimum Gasteiger partial charge on any atom is -0.507 e. The summed E-state index contributed by atoms with van der Waals surface area (Å²) in [4.78, 5) is 10.3. The van der Waals surface area contributed by atoms with Gasteiger partial charge in [-0.05, 0) is 52.5 Å². The molecular formula is C15H15BrN2O3. The Kier molecular flexibility index (Phi) is 4.47. The highest BCUT2D eigenvalue weighted by molar-refractivity contribution is 9.10. The first-order valence-corrected chi connectivity index (χ1v) is 7.14. The number of hydrogen-bond acceptors (Lipinski definition) is 4. The van der Waals surface area contributed by atoms with Gasteiger partial charge in [0.25, 0.3) is 5.69 Å². The Morgan fingerprint density at radius 2 is 1.86 bits per heavy atom. The number of anilines is 1. The van der Waals surface area contributed by atoms with Gasteiger partial charge >= 0.3 is 0 Å². The van der Waals surface area contributed by atoms with Crippen LogP contribution in [0.15, 0.2) is 34.8 Å². The van der Waals surface area contributed by atoms with Crippen molar-refractivity contribution in [3.05, 3.63) is 61.6 Å². The summed E-state index contributed by atoms with van der Waals surface area (Å²) in [6.07, 6.45) is 0. The third-order valence-corrected chi connectivity index (χ3v) is 3.85. The van der Waals surface area contributed by atoms with E-state index in [4.69, 9.17) is 0 Å². The van der Waals surface area contributed by atoms with E-state index in [1.807, 2.05) is 26.0 Å². The first-order valence-electron chi connectivity index (χ1n) is 6.35. The Labute approximate surface area is 130 Å². The molecule has 0 heterocycles. The smallest absolute Gasteiger partial charge is 0.270 e. The maximum absolute atomic E-state index is 10.7. The number of nitrogens with one attached hydrogen (secondary N) is 1. The van der Waals surface area contributed by atoms with Crippen LogP contribution in [0.1, 0.15) is 16.7 Å². The van der Waals surface area contributed by atoms with Crippen LogP contribution in [0.4, 0.5) is 11.4 Å². The Bertz CT molecular complexity index is 678. The fraction of sp³-hybridized carbons (Fsp3) is 0.200. The predicted molar refractivity (Wildman–Crippen MR) is 85.7 cm³/mol. The van der Waals surface area contributed by atoms with Crippen molar-refractivity contribution in [2.45, 2.75) is 20.4 Å². The normalized spacial score (nSPS) is 10.4. The molecule has 0 unspecified atom stereocenters. The van der Waals surface area contributed by atoms with Gasteiger partial charge < -0.3 is 10.4 Å². The number of phenolic OH excluding ortho intramolecular Hbond substituents is 1. The lowest BCUT2D eigenvalue weighted by molar-refractivity contribution is -0.384. The van der Waals surface area contributed by atoms with Gasteiger partial charge in [-0.3, -0.25) is 10.1 Å². The van der Waals surface area contributed by atoms with Gasteiger partial charge in [-0.1, -0.05) is 12.1 Å². The predicted octanol–water partition coefficient (Wildman–Crippen LogP) is 4.29. The van der Waals surface area contributed by atoms with Crippen LogP contribution in [-0.2, 0) is 6.54 Å². The molecule has 2 rings (SSSR count). The zero-order valence-electron chi connectivity index (χ0n) is 11.7. The molecule has 6 heteroatoms. The molecule has 0 saturated heterocycles. The molecule has 110 valence electrons. The summed E-state index contributed by atoms with van der Waals surface area (Å²) < 4.78 is 0.643. The van der Waals surface area contributed by atoms with Crippen LogP contribution in [0.5, 0.6) is 5.75 Å². The molecule has 21 heavy (non-hydrogen) atoms. The summed E-state index contributed by atoms with van der Waals surface area (Å²) in [5.41, 5.74) is 3.52. The molecule has 2 aromatic rings. The molecule has 0 aliphatic carbocycles. The van der Waals surface area contributed by atoms with Crippen molar-refractivity contribution in [1.82, 2.24) is 0 Å². The first kappa shape index (κ1) is 15.3. The van der Waals surface area contributed by atoms with Crippen molar-refractivity contribution in [3.8, 4) is 5.75 Å². The van der Waals surface area contributed by atoms with Crippen LogP contribution in [-0.4, -0.2) is 10.0 Å². The highest BCUT2D eigenvalue weighted by Crippen LogP contribution is 2.28. The largest absolute Gasteiger partial charge is 0.507 e. The molecule has 2 N–H and O–H groups in total. The second kappa shape index (κ2) is 6.13. The van der Waals surface area contributed by atoms with E-state index in [0.29, 0.717) is 16.8 Å². The molecular weight excluding hydrogens is 336 g/mol. The summed E-state index contributed by atoms with van der Waals surface area (Å²) in [6, 6.07) is 8.42. The summed E-state index contributed by atoms with van der Waals surface area (Å²) in [5, 5.41) is 23.7. The molecule has 0 saturated carbocycles. The highest BCUT2D eigenvalue weighted by atomic mass is 79.9. The molecule has 0 aliphatic heterocycles. The van der Waals surface area contributed by atoms with Crippen LogP contribution in [0, 0.1) is 24.0 Å². The lowest BCUT2D eigenvalue weighted by Gasteiger charge is -2.11. The second-order valence-corrected chi connectivity index (χ2v) is 5.71. The Morgan fingerprint density at radius 3 is 2.38 bits per heavy atom. The lowest BCUT2D eigenvalue weighted by Crippen LogP contribution is -2.01. The molecule has 0 spiro atoms. The van der Waals surface area contributed by atoms with Crippen molar-refractivity contribution >= 4 is 27.3 Å². The summed E-state index contributed by atoms with van der Waals surface area (Å²) in [6.45, 7) is 4.28. The number of nitrogens with zero attached hydrogens (tertiary/aromatic N) is 1. The van der Waals surface area contributed by atoms with Gasteiger partial charge in [0.05, 0.1) is 4.92 Å². The summed E-state index contributed by atoms with van der Waals surface area (Å²) >= 11 is 3.32. The summed E-state index contributed by atoms with van der Waals surface area (Å²) in [7, 11) is 0. The summed E-state index contributed by atoms with van der Waals surface area (Å²) in [5.74, 6) is 0.315. The number of aryl methyl sites for hydroxylation is 2. The van der Waals surface area contributed by atoms with E-state index >= 15 is 0 Å². The standard InChI is InChI=1S/C15H15BrN2O3/c1-9-5-11(6-10(2)15(9)19)8-17-14-4-3-12(18(20)21)7-13(14)16/h3-7,17,19H,8H2,1-2H3. The first-order chi connectivity index (χ1) is 9.88. The number of benzene rings is 2. The van der Waals surface area contributed by atoms with E-state index < -0.39 is 4.92 Å². The maximum Gasteiger partial charge on any atom is 0.270 e. The Hall–Kier alpha value is -2.08. The molecule has 5 nitrogen and oxygen atoms in total. The Balaban J connectivity index is 2.15. The number of hydrogen-bond donors (Lipinski definition) is 2. The third-order valence-electron chi connectivity index (χ3n) is 3.20. The SMILES string of the molecule is Cc1cc(CNc2ccc([N+](=O)[O-])cc2Br)cc(C)c1O. The van der Waals surface area contributed by atoms with Gasteiger partial charge in [-0.15, -0.1) is 0 Å². The number of nitro groups is 1. The number of rotatable bonds is 4. The Morgan fingerprint density at radius 1 is 1.24 bits per heavy atom. The van der Waals surface area contributed by atoms with Crippen LogP contribution in [0.3, 0.4) is 0 Å². The van der Waals surface area contributed by atoms with E-state index in [1.165, 1.54) is 12.1 Å². The molecule has 0 aliphatic rings. The van der Waals surface area contributed by atoms with Crippen molar-refractivity contribution in [3.63, 3.8) is 0 Å². The molecule has 0 radical (unpaired) electrons. The fourth-order valence-electron chi connectivity index (χ4n) is 2.11. The molecule has 0 fully saturated rings.